The molecule has 0 fully saturated rings. The number of benzene rings is 2. The Hall–Kier alpha value is -2.44. The lowest BCUT2D eigenvalue weighted by molar-refractivity contribution is 0.580. The Bertz CT molecular complexity index is 1070. The van der Waals surface area contributed by atoms with E-state index in [2.05, 4.69) is 9.71 Å². The van der Waals surface area contributed by atoms with E-state index in [1.165, 1.54) is 0 Å². The summed E-state index contributed by atoms with van der Waals surface area (Å²) in [5, 5.41) is 0.882. The number of H-pyrrole nitrogens is 1. The number of hydrogen-bond donors (Lipinski definition) is 2. The highest BCUT2D eigenvalue weighted by Gasteiger charge is 2.13. The Morgan fingerprint density at radius 2 is 1.64 bits per heavy atom. The largest absolute Gasteiger partial charge is 0.322 e. The molecule has 0 bridgehead atoms. The third kappa shape index (κ3) is 4.35. The van der Waals surface area contributed by atoms with Crippen LogP contribution in [0.2, 0.25) is 0 Å². The molecule has 0 amide bonds. The van der Waals surface area contributed by atoms with E-state index >= 15 is 0 Å². The van der Waals surface area contributed by atoms with Gasteiger partial charge in [0.15, 0.2) is 0 Å². The maximum atomic E-state index is 12.3. The van der Waals surface area contributed by atoms with E-state index in [1.54, 1.807) is 18.2 Å². The van der Waals surface area contributed by atoms with Crippen molar-refractivity contribution in [2.45, 2.75) is 26.1 Å². The number of sulfonamides is 1. The van der Waals surface area contributed by atoms with E-state index in [0.29, 0.717) is 11.1 Å². The number of nitrogens with one attached hydrogen (secondary N) is 2. The quantitative estimate of drug-likeness (QED) is 0.738. The zero-order valence-corrected chi connectivity index (χ0v) is 15.0. The molecule has 3 rings (SSSR count). The summed E-state index contributed by atoms with van der Waals surface area (Å²) in [6, 6.07) is 14.8. The van der Waals surface area contributed by atoms with Crippen LogP contribution in [0.15, 0.2) is 53.3 Å². The molecule has 3 aromatic rings. The molecule has 2 aromatic carbocycles. The molecule has 25 heavy (non-hydrogen) atoms. The van der Waals surface area contributed by atoms with Gasteiger partial charge in [-0.3, -0.25) is 4.79 Å². The Balaban J connectivity index is 1.78. The summed E-state index contributed by atoms with van der Waals surface area (Å²) in [7, 11) is -3.53. The van der Waals surface area contributed by atoms with E-state index in [1.807, 2.05) is 44.2 Å². The minimum atomic E-state index is -3.53. The first-order valence-corrected chi connectivity index (χ1v) is 9.63. The maximum absolute atomic E-state index is 12.3. The number of aromatic nitrogens is 1. The number of fused-ring (bicyclic) bond motifs is 1. The van der Waals surface area contributed by atoms with Crippen LogP contribution in [0, 0.1) is 13.8 Å². The van der Waals surface area contributed by atoms with Crippen LogP contribution in [-0.2, 0) is 22.3 Å². The molecular weight excluding hydrogens is 336 g/mol. The van der Waals surface area contributed by atoms with Crippen molar-refractivity contribution in [3.05, 3.63) is 81.1 Å². The van der Waals surface area contributed by atoms with Crippen molar-refractivity contribution >= 4 is 20.9 Å². The van der Waals surface area contributed by atoms with Gasteiger partial charge in [-0.15, -0.1) is 0 Å². The highest BCUT2D eigenvalue weighted by Crippen LogP contribution is 2.13. The number of hydrogen-bond acceptors (Lipinski definition) is 3. The van der Waals surface area contributed by atoms with Gasteiger partial charge in [0.1, 0.15) is 0 Å². The van der Waals surface area contributed by atoms with Crippen LogP contribution < -0.4 is 10.3 Å². The predicted octanol–water partition coefficient (Wildman–Crippen LogP) is 2.76. The molecule has 0 spiro atoms. The Morgan fingerprint density at radius 3 is 2.36 bits per heavy atom. The SMILES string of the molecule is Cc1ccc(CS(=O)(=O)NCc2cc3cc(C)ccc3[nH]c2=O)cc1. The first-order valence-electron chi connectivity index (χ1n) is 7.98. The van der Waals surface area contributed by atoms with E-state index in [0.717, 1.165) is 22.0 Å². The molecule has 5 nitrogen and oxygen atoms in total. The van der Waals surface area contributed by atoms with Crippen LogP contribution in [0.1, 0.15) is 22.3 Å². The summed E-state index contributed by atoms with van der Waals surface area (Å²) in [6.07, 6.45) is 0. The molecule has 0 atom stereocenters. The minimum absolute atomic E-state index is 0.0343. The van der Waals surface area contributed by atoms with E-state index < -0.39 is 10.0 Å². The summed E-state index contributed by atoms with van der Waals surface area (Å²) in [4.78, 5) is 14.9. The van der Waals surface area contributed by atoms with E-state index in [9.17, 15) is 13.2 Å². The summed E-state index contributed by atoms with van der Waals surface area (Å²) >= 11 is 0. The van der Waals surface area contributed by atoms with Crippen molar-refractivity contribution in [1.82, 2.24) is 9.71 Å². The topological polar surface area (TPSA) is 79.0 Å². The fourth-order valence-electron chi connectivity index (χ4n) is 2.65. The molecule has 0 saturated heterocycles. The van der Waals surface area contributed by atoms with Gasteiger partial charge in [0.05, 0.1) is 5.75 Å². The highest BCUT2D eigenvalue weighted by molar-refractivity contribution is 7.88. The third-order valence-electron chi connectivity index (χ3n) is 4.04. The standard InChI is InChI=1S/C19H20N2O3S/c1-13-3-6-15(7-4-13)12-25(23,24)20-11-17-10-16-9-14(2)5-8-18(16)21-19(17)22/h3-10,20H,11-12H2,1-2H3,(H,21,22). The second kappa shape index (κ2) is 6.82. The normalized spacial score (nSPS) is 11.8. The summed E-state index contributed by atoms with van der Waals surface area (Å²) in [5.41, 5.74) is 3.71. The van der Waals surface area contributed by atoms with Gasteiger partial charge in [-0.1, -0.05) is 41.5 Å². The smallest absolute Gasteiger partial charge is 0.252 e. The molecule has 0 aliphatic carbocycles. The zero-order valence-electron chi connectivity index (χ0n) is 14.2. The first kappa shape index (κ1) is 17.4. The summed E-state index contributed by atoms with van der Waals surface area (Å²) in [6.45, 7) is 3.88. The lowest BCUT2D eigenvalue weighted by Gasteiger charge is -2.08. The van der Waals surface area contributed by atoms with Gasteiger partial charge in [0.25, 0.3) is 5.56 Å². The first-order chi connectivity index (χ1) is 11.8. The second-order valence-corrected chi connectivity index (χ2v) is 8.09. The van der Waals surface area contributed by atoms with Gasteiger partial charge in [-0.05, 0) is 43.0 Å². The Labute approximate surface area is 146 Å². The molecule has 0 aliphatic heterocycles. The van der Waals surface area contributed by atoms with E-state index in [-0.39, 0.29) is 17.9 Å². The fourth-order valence-corrected chi connectivity index (χ4v) is 3.75. The molecule has 6 heteroatoms. The van der Waals surface area contributed by atoms with Crippen molar-refractivity contribution in [2.75, 3.05) is 0 Å². The lowest BCUT2D eigenvalue weighted by atomic mass is 10.1. The maximum Gasteiger partial charge on any atom is 0.252 e. The molecule has 1 heterocycles. The Morgan fingerprint density at radius 1 is 0.960 bits per heavy atom. The third-order valence-corrected chi connectivity index (χ3v) is 5.33. The summed E-state index contributed by atoms with van der Waals surface area (Å²) < 4.78 is 27.0. The monoisotopic (exact) mass is 356 g/mol. The van der Waals surface area contributed by atoms with Crippen LogP contribution in [0.3, 0.4) is 0 Å². The number of pyridine rings is 1. The van der Waals surface area contributed by atoms with Crippen molar-refractivity contribution in [3.8, 4) is 0 Å². The highest BCUT2D eigenvalue weighted by atomic mass is 32.2. The van der Waals surface area contributed by atoms with Crippen LogP contribution in [0.4, 0.5) is 0 Å². The van der Waals surface area contributed by atoms with Crippen molar-refractivity contribution in [3.63, 3.8) is 0 Å². The molecule has 130 valence electrons. The molecule has 0 unspecified atom stereocenters. The fraction of sp³-hybridized carbons (Fsp3) is 0.211. The van der Waals surface area contributed by atoms with Crippen molar-refractivity contribution in [2.24, 2.45) is 0 Å². The number of aromatic amines is 1. The molecule has 0 saturated carbocycles. The zero-order chi connectivity index (χ0) is 18.0. The van der Waals surface area contributed by atoms with Crippen LogP contribution in [0.25, 0.3) is 10.9 Å². The average molecular weight is 356 g/mol. The van der Waals surface area contributed by atoms with Gasteiger partial charge < -0.3 is 4.98 Å². The van der Waals surface area contributed by atoms with Crippen molar-refractivity contribution < 1.29 is 8.42 Å². The number of rotatable bonds is 5. The van der Waals surface area contributed by atoms with Gasteiger partial charge in [-0.2, -0.15) is 0 Å². The molecule has 0 aliphatic rings. The molecule has 1 aromatic heterocycles. The van der Waals surface area contributed by atoms with Crippen LogP contribution in [-0.4, -0.2) is 13.4 Å². The lowest BCUT2D eigenvalue weighted by Crippen LogP contribution is -2.28. The molecular formula is C19H20N2O3S. The van der Waals surface area contributed by atoms with Crippen LogP contribution >= 0.6 is 0 Å². The van der Waals surface area contributed by atoms with Gasteiger partial charge in [0, 0.05) is 17.6 Å². The van der Waals surface area contributed by atoms with Gasteiger partial charge in [-0.25, -0.2) is 13.1 Å². The second-order valence-electron chi connectivity index (χ2n) is 6.28. The van der Waals surface area contributed by atoms with Crippen molar-refractivity contribution in [1.29, 1.82) is 0 Å². The van der Waals surface area contributed by atoms with Gasteiger partial charge in [0.2, 0.25) is 10.0 Å². The number of aryl methyl sites for hydroxylation is 2. The minimum Gasteiger partial charge on any atom is -0.322 e. The average Bonchev–Trinajstić information content (AvgIpc) is 2.55. The summed E-state index contributed by atoms with van der Waals surface area (Å²) in [5.74, 6) is -0.113. The van der Waals surface area contributed by atoms with E-state index in [4.69, 9.17) is 0 Å². The van der Waals surface area contributed by atoms with Gasteiger partial charge >= 0.3 is 0 Å². The molecule has 0 radical (unpaired) electrons. The molecule has 2 N–H and O–H groups in total. The Kier molecular flexibility index (Phi) is 4.74. The predicted molar refractivity (Wildman–Crippen MR) is 99.9 cm³/mol. The van der Waals surface area contributed by atoms with Crippen LogP contribution in [0.5, 0.6) is 0 Å².